The number of hydrogen-bond donors (Lipinski definition) is 1. The van der Waals surface area contributed by atoms with Gasteiger partial charge in [-0.15, -0.1) is 0 Å². The number of carbonyl (C=O) groups excluding carboxylic acids is 1. The van der Waals surface area contributed by atoms with Gasteiger partial charge in [-0.2, -0.15) is 5.10 Å². The van der Waals surface area contributed by atoms with Crippen LogP contribution in [-0.4, -0.2) is 27.2 Å². The lowest BCUT2D eigenvalue weighted by atomic mass is 10.0. The SMILES string of the molecule is Cc1nc2c(cnn2C(C)C)c(C)c1CCC(=O)NCCC(C)C. The highest BCUT2D eigenvalue weighted by Crippen LogP contribution is 2.25. The number of amides is 1. The van der Waals surface area contributed by atoms with Gasteiger partial charge in [-0.25, -0.2) is 9.67 Å². The van der Waals surface area contributed by atoms with Crippen LogP contribution >= 0.6 is 0 Å². The third kappa shape index (κ3) is 4.13. The molecule has 2 aromatic heterocycles. The van der Waals surface area contributed by atoms with Gasteiger partial charge in [0, 0.05) is 30.1 Å². The van der Waals surface area contributed by atoms with Crippen molar-refractivity contribution in [1.82, 2.24) is 20.1 Å². The van der Waals surface area contributed by atoms with Gasteiger partial charge in [0.05, 0.1) is 6.20 Å². The Labute approximate surface area is 144 Å². The van der Waals surface area contributed by atoms with Crippen LogP contribution in [0.2, 0.25) is 0 Å². The molecule has 5 heteroatoms. The van der Waals surface area contributed by atoms with Crippen LogP contribution < -0.4 is 5.32 Å². The summed E-state index contributed by atoms with van der Waals surface area (Å²) in [7, 11) is 0. The zero-order chi connectivity index (χ0) is 17.9. The molecule has 2 rings (SSSR count). The van der Waals surface area contributed by atoms with Crippen molar-refractivity contribution < 1.29 is 4.79 Å². The topological polar surface area (TPSA) is 59.8 Å². The number of hydrogen-bond acceptors (Lipinski definition) is 3. The Morgan fingerprint density at radius 1 is 1.25 bits per heavy atom. The molecule has 2 aromatic rings. The normalized spacial score (nSPS) is 11.7. The Morgan fingerprint density at radius 2 is 1.96 bits per heavy atom. The fourth-order valence-corrected chi connectivity index (χ4v) is 2.97. The molecule has 1 N–H and O–H groups in total. The molecule has 0 aliphatic rings. The molecular formula is C19H30N4O. The predicted octanol–water partition coefficient (Wildman–Crippen LogP) is 3.72. The number of aromatic nitrogens is 3. The molecule has 0 bridgehead atoms. The maximum atomic E-state index is 12.0. The van der Waals surface area contributed by atoms with Gasteiger partial charge in [-0.3, -0.25) is 4.79 Å². The Bertz CT molecular complexity index is 716. The van der Waals surface area contributed by atoms with Gasteiger partial charge >= 0.3 is 0 Å². The number of aryl methyl sites for hydroxylation is 2. The van der Waals surface area contributed by atoms with E-state index in [0.717, 1.165) is 36.1 Å². The minimum Gasteiger partial charge on any atom is -0.356 e. The van der Waals surface area contributed by atoms with Gasteiger partial charge in [-0.05, 0) is 57.6 Å². The van der Waals surface area contributed by atoms with Gasteiger partial charge in [0.15, 0.2) is 5.65 Å². The van der Waals surface area contributed by atoms with Crippen molar-refractivity contribution in [2.75, 3.05) is 6.54 Å². The molecule has 0 aliphatic carbocycles. The smallest absolute Gasteiger partial charge is 0.220 e. The number of nitrogens with one attached hydrogen (secondary N) is 1. The molecule has 0 fully saturated rings. The molecule has 24 heavy (non-hydrogen) atoms. The van der Waals surface area contributed by atoms with E-state index in [4.69, 9.17) is 4.98 Å². The van der Waals surface area contributed by atoms with Gasteiger partial charge in [0.1, 0.15) is 0 Å². The van der Waals surface area contributed by atoms with Gasteiger partial charge in [0.2, 0.25) is 5.91 Å². The van der Waals surface area contributed by atoms with E-state index < -0.39 is 0 Å². The first-order valence-corrected chi connectivity index (χ1v) is 8.91. The van der Waals surface area contributed by atoms with Gasteiger partial charge < -0.3 is 5.32 Å². The Hall–Kier alpha value is -1.91. The van der Waals surface area contributed by atoms with Crippen molar-refractivity contribution in [2.45, 2.75) is 66.8 Å². The van der Waals surface area contributed by atoms with Crippen LogP contribution in [0.1, 0.15) is 63.4 Å². The van der Waals surface area contributed by atoms with Crippen LogP contribution in [0, 0.1) is 19.8 Å². The lowest BCUT2D eigenvalue weighted by molar-refractivity contribution is -0.121. The zero-order valence-electron chi connectivity index (χ0n) is 15.8. The molecule has 1 amide bonds. The van der Waals surface area contributed by atoms with E-state index in [1.54, 1.807) is 0 Å². The zero-order valence-corrected chi connectivity index (χ0v) is 15.8. The van der Waals surface area contributed by atoms with Crippen molar-refractivity contribution in [2.24, 2.45) is 5.92 Å². The van der Waals surface area contributed by atoms with E-state index in [1.165, 1.54) is 11.1 Å². The Balaban J connectivity index is 2.11. The lowest BCUT2D eigenvalue weighted by Gasteiger charge is -2.13. The molecule has 0 aliphatic heterocycles. The highest BCUT2D eigenvalue weighted by Gasteiger charge is 2.15. The molecule has 132 valence electrons. The number of carbonyl (C=O) groups is 1. The second-order valence-corrected chi connectivity index (χ2v) is 7.25. The molecule has 0 aromatic carbocycles. The number of rotatable bonds is 7. The van der Waals surface area contributed by atoms with Crippen LogP contribution in [0.5, 0.6) is 0 Å². The monoisotopic (exact) mass is 330 g/mol. The molecule has 0 radical (unpaired) electrons. The van der Waals surface area contributed by atoms with Crippen LogP contribution in [-0.2, 0) is 11.2 Å². The summed E-state index contributed by atoms with van der Waals surface area (Å²) in [5.74, 6) is 0.728. The average Bonchev–Trinajstić information content (AvgIpc) is 2.90. The molecule has 0 saturated carbocycles. The fourth-order valence-electron chi connectivity index (χ4n) is 2.97. The van der Waals surface area contributed by atoms with E-state index in [2.05, 4.69) is 45.0 Å². The summed E-state index contributed by atoms with van der Waals surface area (Å²) in [6, 6.07) is 0.284. The first-order chi connectivity index (χ1) is 11.3. The van der Waals surface area contributed by atoms with Gasteiger partial charge in [0.25, 0.3) is 0 Å². The first-order valence-electron chi connectivity index (χ1n) is 8.91. The predicted molar refractivity (Wildman–Crippen MR) is 98.2 cm³/mol. The minimum absolute atomic E-state index is 0.118. The Kier molecular flexibility index (Phi) is 5.97. The molecule has 0 spiro atoms. The van der Waals surface area contributed by atoms with E-state index in [9.17, 15) is 4.79 Å². The van der Waals surface area contributed by atoms with Crippen molar-refractivity contribution in [3.05, 3.63) is 23.0 Å². The van der Waals surface area contributed by atoms with Crippen molar-refractivity contribution in [1.29, 1.82) is 0 Å². The van der Waals surface area contributed by atoms with Crippen LogP contribution in [0.4, 0.5) is 0 Å². The second kappa shape index (κ2) is 7.77. The van der Waals surface area contributed by atoms with Crippen LogP contribution in [0.25, 0.3) is 11.0 Å². The van der Waals surface area contributed by atoms with Crippen LogP contribution in [0.15, 0.2) is 6.20 Å². The highest BCUT2D eigenvalue weighted by atomic mass is 16.1. The van der Waals surface area contributed by atoms with E-state index >= 15 is 0 Å². The molecular weight excluding hydrogens is 300 g/mol. The quantitative estimate of drug-likeness (QED) is 0.841. The minimum atomic E-state index is 0.118. The fraction of sp³-hybridized carbons (Fsp3) is 0.632. The van der Waals surface area contributed by atoms with Crippen LogP contribution in [0.3, 0.4) is 0 Å². The molecule has 2 heterocycles. The second-order valence-electron chi connectivity index (χ2n) is 7.25. The van der Waals surface area contributed by atoms with Gasteiger partial charge in [-0.1, -0.05) is 13.8 Å². The maximum Gasteiger partial charge on any atom is 0.220 e. The first kappa shape index (κ1) is 18.4. The van der Waals surface area contributed by atoms with E-state index in [1.807, 2.05) is 17.8 Å². The average molecular weight is 330 g/mol. The summed E-state index contributed by atoms with van der Waals surface area (Å²) < 4.78 is 1.96. The summed E-state index contributed by atoms with van der Waals surface area (Å²) in [4.78, 5) is 16.8. The van der Waals surface area contributed by atoms with Crippen molar-refractivity contribution in [3.8, 4) is 0 Å². The summed E-state index contributed by atoms with van der Waals surface area (Å²) >= 11 is 0. The third-order valence-corrected chi connectivity index (χ3v) is 4.47. The molecule has 5 nitrogen and oxygen atoms in total. The standard InChI is InChI=1S/C19H30N4O/c1-12(2)9-10-20-18(24)8-7-16-14(5)17-11-21-23(13(3)4)19(17)22-15(16)6/h11-13H,7-10H2,1-6H3,(H,20,24). The summed E-state index contributed by atoms with van der Waals surface area (Å²) in [6.07, 6.45) is 4.14. The summed E-state index contributed by atoms with van der Waals surface area (Å²) in [5.41, 5.74) is 4.30. The summed E-state index contributed by atoms with van der Waals surface area (Å²) in [6.45, 7) is 13.4. The van der Waals surface area contributed by atoms with Crippen molar-refractivity contribution in [3.63, 3.8) is 0 Å². The molecule has 0 saturated heterocycles. The number of fused-ring (bicyclic) bond motifs is 1. The number of pyridine rings is 1. The largest absolute Gasteiger partial charge is 0.356 e. The third-order valence-electron chi connectivity index (χ3n) is 4.47. The molecule has 0 atom stereocenters. The maximum absolute atomic E-state index is 12.0. The van der Waals surface area contributed by atoms with E-state index in [-0.39, 0.29) is 11.9 Å². The number of nitrogens with zero attached hydrogens (tertiary/aromatic N) is 3. The Morgan fingerprint density at radius 3 is 2.58 bits per heavy atom. The summed E-state index contributed by atoms with van der Waals surface area (Å²) in [5, 5.41) is 8.56. The highest BCUT2D eigenvalue weighted by molar-refractivity contribution is 5.81. The lowest BCUT2D eigenvalue weighted by Crippen LogP contribution is -2.25. The molecule has 0 unspecified atom stereocenters. The van der Waals surface area contributed by atoms with Crippen molar-refractivity contribution >= 4 is 16.9 Å². The van der Waals surface area contributed by atoms with E-state index in [0.29, 0.717) is 12.3 Å².